The van der Waals surface area contributed by atoms with Gasteiger partial charge in [-0.15, -0.1) is 0 Å². The molecule has 0 N–H and O–H groups in total. The molecule has 0 saturated heterocycles. The number of aromatic nitrogens is 3. The van der Waals surface area contributed by atoms with Crippen LogP contribution < -0.4 is 0 Å². The Morgan fingerprint density at radius 1 is 1.10 bits per heavy atom. The van der Waals surface area contributed by atoms with Crippen LogP contribution in [0.5, 0.6) is 0 Å². The lowest BCUT2D eigenvalue weighted by Crippen LogP contribution is -2.06. The van der Waals surface area contributed by atoms with Crippen LogP contribution >= 0.6 is 0 Å². The molecule has 146 valence electrons. The molecular formula is C21H15F2N3O3. The summed E-state index contributed by atoms with van der Waals surface area (Å²) in [4.78, 5) is 16.2. The Morgan fingerprint density at radius 2 is 1.93 bits per heavy atom. The van der Waals surface area contributed by atoms with Crippen molar-refractivity contribution in [2.24, 2.45) is 0 Å². The molecule has 0 fully saturated rings. The number of nitrogens with zero attached hydrogens (tertiary/aromatic N) is 3. The van der Waals surface area contributed by atoms with Crippen molar-refractivity contribution >= 4 is 5.97 Å². The van der Waals surface area contributed by atoms with Gasteiger partial charge < -0.3 is 13.8 Å². The van der Waals surface area contributed by atoms with Crippen LogP contribution in [0.1, 0.15) is 21.6 Å². The summed E-state index contributed by atoms with van der Waals surface area (Å²) in [6.07, 6.45) is 5.27. The summed E-state index contributed by atoms with van der Waals surface area (Å²) in [5, 5.41) is 3.76. The number of carbonyl (C=O) groups excluding carboxylic acids is 1. The fraction of sp³-hybridized carbons (Fsp3) is 0.0952. The number of carbonyl (C=O) groups is 1. The van der Waals surface area contributed by atoms with Gasteiger partial charge >= 0.3 is 5.97 Å². The zero-order chi connectivity index (χ0) is 20.2. The third-order valence-corrected chi connectivity index (χ3v) is 4.22. The average Bonchev–Trinajstić information content (AvgIpc) is 3.39. The van der Waals surface area contributed by atoms with Crippen molar-refractivity contribution in [2.45, 2.75) is 13.2 Å². The van der Waals surface area contributed by atoms with Gasteiger partial charge in [0.15, 0.2) is 5.76 Å². The molecule has 0 radical (unpaired) electrons. The zero-order valence-corrected chi connectivity index (χ0v) is 15.1. The normalized spacial score (nSPS) is 10.8. The van der Waals surface area contributed by atoms with Crippen molar-refractivity contribution in [1.82, 2.24) is 14.7 Å². The van der Waals surface area contributed by atoms with Crippen molar-refractivity contribution in [3.63, 3.8) is 0 Å². The molecule has 0 spiro atoms. The first-order valence-corrected chi connectivity index (χ1v) is 8.71. The predicted molar refractivity (Wildman–Crippen MR) is 98.7 cm³/mol. The van der Waals surface area contributed by atoms with Gasteiger partial charge in [-0.1, -0.05) is 17.3 Å². The second-order valence-electron chi connectivity index (χ2n) is 6.31. The molecule has 0 saturated carbocycles. The molecule has 6 nitrogen and oxygen atoms in total. The first kappa shape index (κ1) is 18.5. The summed E-state index contributed by atoms with van der Waals surface area (Å²) in [6.45, 7) is 0.513. The summed E-state index contributed by atoms with van der Waals surface area (Å²) in [5.74, 6) is -1.84. The smallest absolute Gasteiger partial charge is 0.338 e. The van der Waals surface area contributed by atoms with Crippen LogP contribution in [0, 0.1) is 11.6 Å². The number of halogens is 2. The number of imidazole rings is 1. The van der Waals surface area contributed by atoms with Crippen LogP contribution in [0.15, 0.2) is 71.8 Å². The van der Waals surface area contributed by atoms with E-state index in [1.807, 2.05) is 22.9 Å². The van der Waals surface area contributed by atoms with Crippen LogP contribution in [0.4, 0.5) is 8.78 Å². The molecule has 0 aliphatic heterocycles. The predicted octanol–water partition coefficient (Wildman–Crippen LogP) is 4.22. The summed E-state index contributed by atoms with van der Waals surface area (Å²) in [6, 6.07) is 11.6. The molecule has 0 unspecified atom stereocenters. The number of benzene rings is 2. The van der Waals surface area contributed by atoms with E-state index in [0.29, 0.717) is 17.8 Å². The molecule has 4 aromatic rings. The topological polar surface area (TPSA) is 70.2 Å². The van der Waals surface area contributed by atoms with E-state index >= 15 is 0 Å². The fourth-order valence-corrected chi connectivity index (χ4v) is 2.76. The van der Waals surface area contributed by atoms with Gasteiger partial charge in [0, 0.05) is 31.1 Å². The first-order chi connectivity index (χ1) is 14.1. The number of rotatable bonds is 6. The molecule has 2 aromatic heterocycles. The number of esters is 1. The van der Waals surface area contributed by atoms with Crippen LogP contribution in [-0.4, -0.2) is 20.7 Å². The highest BCUT2D eigenvalue weighted by atomic mass is 19.1. The van der Waals surface area contributed by atoms with Gasteiger partial charge in [-0.25, -0.2) is 18.6 Å². The van der Waals surface area contributed by atoms with Crippen molar-refractivity contribution < 1.29 is 22.8 Å². The SMILES string of the molecule is O=C(OCc1cc(-c2ccc(F)cc2F)on1)c1ccc(Cn2ccnc2)cc1. The van der Waals surface area contributed by atoms with Crippen LogP contribution in [0.2, 0.25) is 0 Å². The Hall–Kier alpha value is -3.81. The molecule has 8 heteroatoms. The summed E-state index contributed by atoms with van der Waals surface area (Å²) >= 11 is 0. The van der Waals surface area contributed by atoms with Crippen molar-refractivity contribution in [2.75, 3.05) is 0 Å². The largest absolute Gasteiger partial charge is 0.455 e. The van der Waals surface area contributed by atoms with E-state index in [2.05, 4.69) is 10.1 Å². The first-order valence-electron chi connectivity index (χ1n) is 8.71. The maximum absolute atomic E-state index is 13.8. The Morgan fingerprint density at radius 3 is 2.66 bits per heavy atom. The minimum Gasteiger partial charge on any atom is -0.455 e. The summed E-state index contributed by atoms with van der Waals surface area (Å²) < 4.78 is 39.0. The third-order valence-electron chi connectivity index (χ3n) is 4.22. The van der Waals surface area contributed by atoms with E-state index in [9.17, 15) is 13.6 Å². The standard InChI is InChI=1S/C21H15F2N3O3/c22-16-5-6-18(19(23)9-16)20-10-17(25-29-20)12-28-21(27)15-3-1-14(2-4-15)11-26-8-7-24-13-26/h1-10,13H,11-12H2. The van der Waals surface area contributed by atoms with E-state index < -0.39 is 17.6 Å². The second kappa shape index (κ2) is 8.05. The lowest BCUT2D eigenvalue weighted by molar-refractivity contribution is 0.0464. The van der Waals surface area contributed by atoms with Crippen molar-refractivity contribution in [3.8, 4) is 11.3 Å². The molecular weight excluding hydrogens is 380 g/mol. The highest BCUT2D eigenvalue weighted by Crippen LogP contribution is 2.24. The average molecular weight is 395 g/mol. The van der Waals surface area contributed by atoms with Crippen molar-refractivity contribution in [3.05, 3.63) is 95.7 Å². The van der Waals surface area contributed by atoms with E-state index in [-0.39, 0.29) is 17.9 Å². The van der Waals surface area contributed by atoms with Gasteiger partial charge in [-0.2, -0.15) is 0 Å². The van der Waals surface area contributed by atoms with Crippen LogP contribution in [0.25, 0.3) is 11.3 Å². The summed E-state index contributed by atoms with van der Waals surface area (Å²) in [5.41, 5.74) is 1.80. The lowest BCUT2D eigenvalue weighted by Gasteiger charge is -2.05. The number of ether oxygens (including phenoxy) is 1. The van der Waals surface area contributed by atoms with E-state index in [0.717, 1.165) is 17.7 Å². The number of hydrogen-bond acceptors (Lipinski definition) is 5. The van der Waals surface area contributed by atoms with Gasteiger partial charge in [0.05, 0.1) is 17.5 Å². The third kappa shape index (κ3) is 4.37. The number of hydrogen-bond donors (Lipinski definition) is 0. The van der Waals surface area contributed by atoms with Crippen molar-refractivity contribution in [1.29, 1.82) is 0 Å². The molecule has 0 bridgehead atoms. The molecule has 0 atom stereocenters. The lowest BCUT2D eigenvalue weighted by atomic mass is 10.1. The summed E-state index contributed by atoms with van der Waals surface area (Å²) in [7, 11) is 0. The quantitative estimate of drug-likeness (QED) is 0.457. The maximum atomic E-state index is 13.8. The van der Waals surface area contributed by atoms with E-state index in [1.54, 1.807) is 24.7 Å². The highest BCUT2D eigenvalue weighted by Gasteiger charge is 2.14. The monoisotopic (exact) mass is 395 g/mol. The molecule has 0 amide bonds. The zero-order valence-electron chi connectivity index (χ0n) is 15.1. The van der Waals surface area contributed by atoms with Gasteiger partial charge in [0.1, 0.15) is 23.9 Å². The second-order valence-corrected chi connectivity index (χ2v) is 6.31. The Kier molecular flexibility index (Phi) is 5.15. The van der Waals surface area contributed by atoms with Crippen LogP contribution in [0.3, 0.4) is 0 Å². The fourth-order valence-electron chi connectivity index (χ4n) is 2.76. The van der Waals surface area contributed by atoms with E-state index in [1.165, 1.54) is 12.1 Å². The Balaban J connectivity index is 1.36. The maximum Gasteiger partial charge on any atom is 0.338 e. The molecule has 0 aliphatic rings. The molecule has 2 heterocycles. The minimum absolute atomic E-state index is 0.0740. The van der Waals surface area contributed by atoms with Crippen LogP contribution in [-0.2, 0) is 17.9 Å². The van der Waals surface area contributed by atoms with Gasteiger partial charge in [0.25, 0.3) is 0 Å². The Bertz CT molecular complexity index is 1120. The highest BCUT2D eigenvalue weighted by molar-refractivity contribution is 5.89. The minimum atomic E-state index is -0.763. The molecule has 2 aromatic carbocycles. The van der Waals surface area contributed by atoms with Gasteiger partial charge in [-0.3, -0.25) is 0 Å². The molecule has 29 heavy (non-hydrogen) atoms. The molecule has 0 aliphatic carbocycles. The molecule has 4 rings (SSSR count). The Labute approximate surface area is 164 Å². The van der Waals surface area contributed by atoms with Gasteiger partial charge in [-0.05, 0) is 29.8 Å². The van der Waals surface area contributed by atoms with Gasteiger partial charge in [0.2, 0.25) is 0 Å². The van der Waals surface area contributed by atoms with E-state index in [4.69, 9.17) is 9.26 Å².